The molecule has 6 heteroatoms. The third-order valence-corrected chi connectivity index (χ3v) is 2.27. The molecule has 2 aromatic heterocycles. The van der Waals surface area contributed by atoms with Crippen molar-refractivity contribution >= 4 is 0 Å². The van der Waals surface area contributed by atoms with Gasteiger partial charge in [0.1, 0.15) is 0 Å². The minimum Gasteiger partial charge on any atom is -0.337 e. The van der Waals surface area contributed by atoms with Crippen molar-refractivity contribution in [1.82, 2.24) is 19.1 Å². The lowest BCUT2D eigenvalue weighted by Gasteiger charge is -2.04. The molecule has 16 heavy (non-hydrogen) atoms. The van der Waals surface area contributed by atoms with Crippen LogP contribution in [0.5, 0.6) is 0 Å². The molecule has 0 aliphatic rings. The predicted molar refractivity (Wildman–Crippen MR) is 58.2 cm³/mol. The van der Waals surface area contributed by atoms with Crippen LogP contribution in [0.4, 0.5) is 0 Å². The Morgan fingerprint density at radius 2 is 2.12 bits per heavy atom. The van der Waals surface area contributed by atoms with Crippen LogP contribution in [0.2, 0.25) is 0 Å². The van der Waals surface area contributed by atoms with Crippen molar-refractivity contribution < 1.29 is 0 Å². The van der Waals surface area contributed by atoms with E-state index in [1.165, 1.54) is 16.8 Å². The third-order valence-electron chi connectivity index (χ3n) is 2.27. The van der Waals surface area contributed by atoms with E-state index in [0.717, 1.165) is 13.0 Å². The summed E-state index contributed by atoms with van der Waals surface area (Å²) in [6.45, 7) is 1.37. The summed E-state index contributed by atoms with van der Waals surface area (Å²) in [5, 5.41) is 0. The first-order valence-electron chi connectivity index (χ1n) is 5.01. The molecule has 0 spiro atoms. The smallest absolute Gasteiger partial charge is 0.328 e. The van der Waals surface area contributed by atoms with Gasteiger partial charge in [-0.05, 0) is 6.42 Å². The minimum atomic E-state index is -0.365. The van der Waals surface area contributed by atoms with Gasteiger partial charge in [0.05, 0.1) is 6.33 Å². The number of aryl methyl sites for hydroxylation is 2. The summed E-state index contributed by atoms with van der Waals surface area (Å²) >= 11 is 0. The van der Waals surface area contributed by atoms with Crippen LogP contribution in [-0.2, 0) is 13.1 Å². The molecule has 2 heterocycles. The van der Waals surface area contributed by atoms with Crippen LogP contribution in [0.15, 0.2) is 40.6 Å². The van der Waals surface area contributed by atoms with Crippen molar-refractivity contribution in [2.24, 2.45) is 0 Å². The van der Waals surface area contributed by atoms with Gasteiger partial charge in [-0.25, -0.2) is 9.78 Å². The lowest BCUT2D eigenvalue weighted by Crippen LogP contribution is -2.28. The van der Waals surface area contributed by atoms with Gasteiger partial charge in [0.2, 0.25) is 0 Å². The Labute approximate surface area is 91.2 Å². The average molecular weight is 220 g/mol. The molecule has 84 valence electrons. The van der Waals surface area contributed by atoms with Crippen LogP contribution in [0, 0.1) is 0 Å². The van der Waals surface area contributed by atoms with E-state index in [-0.39, 0.29) is 11.2 Å². The number of imidazole rings is 1. The summed E-state index contributed by atoms with van der Waals surface area (Å²) < 4.78 is 3.43. The molecular weight excluding hydrogens is 208 g/mol. The zero-order chi connectivity index (χ0) is 11.4. The first-order chi connectivity index (χ1) is 7.75. The second kappa shape index (κ2) is 4.61. The lowest BCUT2D eigenvalue weighted by molar-refractivity contribution is 0.544. The fourth-order valence-electron chi connectivity index (χ4n) is 1.46. The Morgan fingerprint density at radius 3 is 2.81 bits per heavy atom. The maximum atomic E-state index is 11.3. The molecule has 0 aromatic carbocycles. The van der Waals surface area contributed by atoms with Crippen molar-refractivity contribution in [2.75, 3.05) is 0 Å². The Bertz CT molecular complexity index is 553. The molecule has 0 unspecified atom stereocenters. The van der Waals surface area contributed by atoms with Crippen molar-refractivity contribution in [1.29, 1.82) is 0 Å². The highest BCUT2D eigenvalue weighted by Crippen LogP contribution is 1.92. The topological polar surface area (TPSA) is 72.7 Å². The first kappa shape index (κ1) is 10.4. The van der Waals surface area contributed by atoms with Crippen molar-refractivity contribution in [3.8, 4) is 0 Å². The second-order valence-corrected chi connectivity index (χ2v) is 3.46. The zero-order valence-electron chi connectivity index (χ0n) is 8.67. The maximum absolute atomic E-state index is 11.3. The van der Waals surface area contributed by atoms with Gasteiger partial charge < -0.3 is 9.13 Å². The minimum absolute atomic E-state index is 0.363. The van der Waals surface area contributed by atoms with E-state index < -0.39 is 0 Å². The van der Waals surface area contributed by atoms with Crippen LogP contribution >= 0.6 is 0 Å². The Balaban J connectivity index is 1.95. The predicted octanol–water partition coefficient (Wildman–Crippen LogP) is -0.177. The monoisotopic (exact) mass is 220 g/mol. The van der Waals surface area contributed by atoms with Crippen molar-refractivity contribution in [3.63, 3.8) is 0 Å². The molecule has 0 aliphatic heterocycles. The molecule has 0 saturated carbocycles. The highest BCUT2D eigenvalue weighted by atomic mass is 16.2. The normalized spacial score (nSPS) is 10.5. The number of rotatable bonds is 4. The Morgan fingerprint density at radius 1 is 1.25 bits per heavy atom. The highest BCUT2D eigenvalue weighted by Gasteiger charge is 1.96. The molecule has 1 N–H and O–H groups in total. The van der Waals surface area contributed by atoms with Crippen molar-refractivity contribution in [2.45, 2.75) is 19.5 Å². The molecular formula is C10H12N4O2. The summed E-state index contributed by atoms with van der Waals surface area (Å²) in [6.07, 6.45) is 7.63. The summed E-state index contributed by atoms with van der Waals surface area (Å²) in [6, 6.07) is 1.35. The summed E-state index contributed by atoms with van der Waals surface area (Å²) in [7, 11) is 0. The van der Waals surface area contributed by atoms with E-state index in [1.807, 2.05) is 10.8 Å². The molecule has 0 fully saturated rings. The highest BCUT2D eigenvalue weighted by molar-refractivity contribution is 4.82. The molecule has 6 nitrogen and oxygen atoms in total. The van der Waals surface area contributed by atoms with E-state index in [1.54, 1.807) is 12.5 Å². The Hall–Kier alpha value is -2.11. The lowest BCUT2D eigenvalue weighted by atomic mass is 10.4. The van der Waals surface area contributed by atoms with Gasteiger partial charge in [0, 0.05) is 37.7 Å². The van der Waals surface area contributed by atoms with E-state index in [0.29, 0.717) is 6.54 Å². The van der Waals surface area contributed by atoms with Gasteiger partial charge in [-0.15, -0.1) is 0 Å². The molecule has 0 bridgehead atoms. The third kappa shape index (κ3) is 2.47. The number of aromatic amines is 1. The van der Waals surface area contributed by atoms with Gasteiger partial charge in [-0.1, -0.05) is 0 Å². The quantitative estimate of drug-likeness (QED) is 0.777. The largest absolute Gasteiger partial charge is 0.337 e. The van der Waals surface area contributed by atoms with Crippen molar-refractivity contribution in [3.05, 3.63) is 51.8 Å². The van der Waals surface area contributed by atoms with Crippen LogP contribution in [-0.4, -0.2) is 19.1 Å². The number of H-pyrrole nitrogens is 1. The summed E-state index contributed by atoms with van der Waals surface area (Å²) in [4.78, 5) is 28.3. The molecule has 0 radical (unpaired) electrons. The molecule has 0 amide bonds. The molecule has 2 rings (SSSR count). The zero-order valence-corrected chi connectivity index (χ0v) is 8.67. The second-order valence-electron chi connectivity index (χ2n) is 3.46. The molecule has 0 aliphatic carbocycles. The fourth-order valence-corrected chi connectivity index (χ4v) is 1.46. The maximum Gasteiger partial charge on any atom is 0.328 e. The fraction of sp³-hybridized carbons (Fsp3) is 0.300. The van der Waals surface area contributed by atoms with Gasteiger partial charge in [-0.3, -0.25) is 9.78 Å². The SMILES string of the molecule is O=c1ccn(CCCn2ccnc2)c(=O)[nH]1. The van der Waals surface area contributed by atoms with E-state index in [4.69, 9.17) is 0 Å². The average Bonchev–Trinajstić information content (AvgIpc) is 2.74. The van der Waals surface area contributed by atoms with Gasteiger partial charge >= 0.3 is 5.69 Å². The standard InChI is InChI=1S/C10H12N4O2/c15-9-2-6-14(10(16)12-9)5-1-4-13-7-3-11-8-13/h2-3,6-8H,1,4-5H2,(H,12,15,16). The number of nitrogens with zero attached hydrogens (tertiary/aromatic N) is 3. The van der Waals surface area contributed by atoms with E-state index >= 15 is 0 Å². The van der Waals surface area contributed by atoms with Crippen LogP contribution in [0.1, 0.15) is 6.42 Å². The van der Waals surface area contributed by atoms with Crippen LogP contribution in [0.3, 0.4) is 0 Å². The van der Waals surface area contributed by atoms with Crippen LogP contribution < -0.4 is 11.2 Å². The number of aromatic nitrogens is 4. The summed E-state index contributed by atoms with van der Waals surface area (Å²) in [5.74, 6) is 0. The van der Waals surface area contributed by atoms with E-state index in [9.17, 15) is 9.59 Å². The van der Waals surface area contributed by atoms with Gasteiger partial charge in [0.25, 0.3) is 5.56 Å². The van der Waals surface area contributed by atoms with E-state index in [2.05, 4.69) is 9.97 Å². The first-order valence-corrected chi connectivity index (χ1v) is 5.01. The number of nitrogens with one attached hydrogen (secondary N) is 1. The van der Waals surface area contributed by atoms with Gasteiger partial charge in [0.15, 0.2) is 0 Å². The molecule has 0 atom stereocenters. The van der Waals surface area contributed by atoms with Crippen LogP contribution in [0.25, 0.3) is 0 Å². The Kier molecular flexibility index (Phi) is 3.00. The molecule has 2 aromatic rings. The van der Waals surface area contributed by atoms with Gasteiger partial charge in [-0.2, -0.15) is 0 Å². The molecule has 0 saturated heterocycles. The summed E-state index contributed by atoms with van der Waals surface area (Å²) in [5.41, 5.74) is -0.728. The number of hydrogen-bond donors (Lipinski definition) is 1. The number of hydrogen-bond acceptors (Lipinski definition) is 3.